The van der Waals surface area contributed by atoms with Crippen molar-refractivity contribution in [2.24, 2.45) is 0 Å². The maximum absolute atomic E-state index is 13.6. The van der Waals surface area contributed by atoms with Crippen LogP contribution in [0.4, 0.5) is 0 Å². The lowest BCUT2D eigenvalue weighted by molar-refractivity contribution is -0.144. The molecule has 0 fully saturated rings. The van der Waals surface area contributed by atoms with Crippen LogP contribution in [0.25, 0.3) is 10.8 Å². The first-order valence-electron chi connectivity index (χ1n) is 9.84. The first-order chi connectivity index (χ1) is 14.4. The van der Waals surface area contributed by atoms with E-state index >= 15 is 0 Å². The Labute approximate surface area is 175 Å². The molecule has 1 unspecified atom stereocenters. The van der Waals surface area contributed by atoms with Gasteiger partial charge in [0.2, 0.25) is 10.0 Å². The van der Waals surface area contributed by atoms with Crippen LogP contribution in [0.5, 0.6) is 5.75 Å². The summed E-state index contributed by atoms with van der Waals surface area (Å²) in [4.78, 5) is 12.4. The minimum Gasteiger partial charge on any atom is -0.497 e. The van der Waals surface area contributed by atoms with Crippen LogP contribution in [0.3, 0.4) is 0 Å². The van der Waals surface area contributed by atoms with Gasteiger partial charge in [-0.15, -0.1) is 0 Å². The third kappa shape index (κ3) is 3.68. The van der Waals surface area contributed by atoms with Crippen molar-refractivity contribution in [1.29, 1.82) is 0 Å². The normalized spacial score (nSPS) is 16.9. The lowest BCUT2D eigenvalue weighted by Gasteiger charge is -2.35. The summed E-state index contributed by atoms with van der Waals surface area (Å²) in [5, 5.41) is 1.70. The van der Waals surface area contributed by atoms with Gasteiger partial charge < -0.3 is 14.0 Å². The van der Waals surface area contributed by atoms with Crippen LogP contribution < -0.4 is 4.74 Å². The van der Waals surface area contributed by atoms with E-state index in [2.05, 4.69) is 0 Å². The number of aromatic nitrogens is 1. The quantitative estimate of drug-likeness (QED) is 0.563. The molecule has 1 atom stereocenters. The Hall–Kier alpha value is -2.84. The topological polar surface area (TPSA) is 77.8 Å². The van der Waals surface area contributed by atoms with E-state index in [-0.39, 0.29) is 24.5 Å². The smallest absolute Gasteiger partial charge is 0.307 e. The Kier molecular flexibility index (Phi) is 5.53. The van der Waals surface area contributed by atoms with Crippen LogP contribution in [0, 0.1) is 0 Å². The first-order valence-corrected chi connectivity index (χ1v) is 11.3. The number of ether oxygens (including phenoxy) is 2. The second-order valence-corrected chi connectivity index (χ2v) is 9.03. The molecule has 0 bridgehead atoms. The van der Waals surface area contributed by atoms with Crippen LogP contribution in [-0.2, 0) is 26.1 Å². The molecule has 0 amide bonds. The molecule has 7 nitrogen and oxygen atoms in total. The van der Waals surface area contributed by atoms with Crippen molar-refractivity contribution in [2.75, 3.05) is 20.3 Å². The Morgan fingerprint density at radius 2 is 1.87 bits per heavy atom. The molecule has 158 valence electrons. The number of carbonyl (C=O) groups is 1. The highest BCUT2D eigenvalue weighted by Gasteiger charge is 2.38. The zero-order valence-electron chi connectivity index (χ0n) is 16.9. The molecular weight excluding hydrogens is 404 g/mol. The summed E-state index contributed by atoms with van der Waals surface area (Å²) in [6.45, 7) is 2.81. The fraction of sp³-hybridized carbons (Fsp3) is 0.318. The molecule has 1 aliphatic rings. The third-order valence-electron chi connectivity index (χ3n) is 5.41. The fourth-order valence-electron chi connectivity index (χ4n) is 3.94. The van der Waals surface area contributed by atoms with Gasteiger partial charge in [-0.3, -0.25) is 4.79 Å². The summed E-state index contributed by atoms with van der Waals surface area (Å²) in [6, 6.07) is 13.7. The third-order valence-corrected chi connectivity index (χ3v) is 7.31. The van der Waals surface area contributed by atoms with Gasteiger partial charge in [0.15, 0.2) is 0 Å². The van der Waals surface area contributed by atoms with Crippen molar-refractivity contribution in [3.63, 3.8) is 0 Å². The summed E-state index contributed by atoms with van der Waals surface area (Å²) in [5.41, 5.74) is 0.795. The summed E-state index contributed by atoms with van der Waals surface area (Å²) in [6.07, 6.45) is 1.88. The Balaban J connectivity index is 1.72. The van der Waals surface area contributed by atoms with Gasteiger partial charge in [-0.05, 0) is 54.1 Å². The molecule has 8 heteroatoms. The van der Waals surface area contributed by atoms with Gasteiger partial charge in [0, 0.05) is 25.0 Å². The maximum atomic E-state index is 13.6. The second kappa shape index (κ2) is 8.12. The molecule has 0 aliphatic carbocycles. The molecule has 1 aromatic heterocycles. The number of sulfonamides is 1. The van der Waals surface area contributed by atoms with E-state index in [9.17, 15) is 13.2 Å². The van der Waals surface area contributed by atoms with Crippen molar-refractivity contribution in [2.45, 2.75) is 30.8 Å². The summed E-state index contributed by atoms with van der Waals surface area (Å²) >= 11 is 0. The number of fused-ring (bicyclic) bond motifs is 2. The molecule has 2 heterocycles. The minimum atomic E-state index is -3.82. The summed E-state index contributed by atoms with van der Waals surface area (Å²) < 4.78 is 40.9. The zero-order chi connectivity index (χ0) is 21.3. The lowest BCUT2D eigenvalue weighted by atomic mass is 10.1. The molecule has 30 heavy (non-hydrogen) atoms. The van der Waals surface area contributed by atoms with Crippen molar-refractivity contribution in [3.05, 3.63) is 60.4 Å². The van der Waals surface area contributed by atoms with Gasteiger partial charge in [-0.25, -0.2) is 8.42 Å². The van der Waals surface area contributed by atoms with E-state index in [1.807, 2.05) is 35.0 Å². The number of hydrogen-bond acceptors (Lipinski definition) is 5. The van der Waals surface area contributed by atoms with Gasteiger partial charge in [0.05, 0.1) is 31.1 Å². The number of carbonyl (C=O) groups excluding carboxylic acids is 1. The van der Waals surface area contributed by atoms with Crippen LogP contribution >= 0.6 is 0 Å². The van der Waals surface area contributed by atoms with E-state index in [4.69, 9.17) is 9.47 Å². The number of nitrogens with zero attached hydrogens (tertiary/aromatic N) is 2. The van der Waals surface area contributed by atoms with Crippen molar-refractivity contribution in [1.82, 2.24) is 8.87 Å². The lowest BCUT2D eigenvalue weighted by Crippen LogP contribution is -2.42. The minimum absolute atomic E-state index is 0.0259. The molecule has 0 radical (unpaired) electrons. The van der Waals surface area contributed by atoms with Gasteiger partial charge >= 0.3 is 5.97 Å². The number of esters is 1. The molecule has 2 aromatic carbocycles. The highest BCUT2D eigenvalue weighted by Crippen LogP contribution is 2.35. The van der Waals surface area contributed by atoms with Crippen molar-refractivity contribution < 1.29 is 22.7 Å². The maximum Gasteiger partial charge on any atom is 0.307 e. The van der Waals surface area contributed by atoms with Gasteiger partial charge in [-0.2, -0.15) is 4.31 Å². The molecule has 0 spiro atoms. The number of hydrogen-bond donors (Lipinski definition) is 0. The number of rotatable bonds is 6. The average molecular weight is 429 g/mol. The Bertz CT molecular complexity index is 1190. The second-order valence-electron chi connectivity index (χ2n) is 7.14. The van der Waals surface area contributed by atoms with Crippen molar-refractivity contribution >= 4 is 26.8 Å². The van der Waals surface area contributed by atoms with E-state index in [0.29, 0.717) is 12.3 Å². The standard InChI is InChI=1S/C22H24N2O5S/c1-3-29-22(25)15-21-20-5-4-10-23(20)11-12-24(21)30(26,27)19-9-7-16-13-18(28-2)8-6-17(16)14-19/h4-10,13-14,21H,3,11-12,15H2,1-2H3. The van der Waals surface area contributed by atoms with Gasteiger partial charge in [0.1, 0.15) is 5.75 Å². The van der Waals surface area contributed by atoms with Gasteiger partial charge in [0.25, 0.3) is 0 Å². The van der Waals surface area contributed by atoms with E-state index in [0.717, 1.165) is 16.5 Å². The number of methoxy groups -OCH3 is 1. The zero-order valence-corrected chi connectivity index (χ0v) is 17.8. The van der Waals surface area contributed by atoms with Crippen LogP contribution in [0.2, 0.25) is 0 Å². The Morgan fingerprint density at radius 3 is 2.63 bits per heavy atom. The van der Waals surface area contributed by atoms with E-state index in [1.165, 1.54) is 4.31 Å². The monoisotopic (exact) mass is 428 g/mol. The summed E-state index contributed by atoms with van der Waals surface area (Å²) in [7, 11) is -2.23. The molecule has 3 aromatic rings. The molecule has 4 rings (SSSR count). The van der Waals surface area contributed by atoms with Crippen LogP contribution in [-0.4, -0.2) is 43.5 Å². The molecular formula is C22H24N2O5S. The highest BCUT2D eigenvalue weighted by molar-refractivity contribution is 7.89. The Morgan fingerprint density at radius 1 is 1.10 bits per heavy atom. The first kappa shape index (κ1) is 20.4. The molecule has 1 aliphatic heterocycles. The summed E-state index contributed by atoms with van der Waals surface area (Å²) in [5.74, 6) is 0.298. The van der Waals surface area contributed by atoms with E-state index < -0.39 is 22.0 Å². The molecule has 0 saturated carbocycles. The number of benzene rings is 2. The largest absolute Gasteiger partial charge is 0.497 e. The average Bonchev–Trinajstić information content (AvgIpc) is 3.22. The fourth-order valence-corrected chi connectivity index (χ4v) is 5.57. The predicted octanol–water partition coefficient (Wildman–Crippen LogP) is 3.35. The SMILES string of the molecule is CCOC(=O)CC1c2cccn2CCN1S(=O)(=O)c1ccc2cc(OC)ccc2c1. The van der Waals surface area contributed by atoms with Crippen molar-refractivity contribution in [3.8, 4) is 5.75 Å². The highest BCUT2D eigenvalue weighted by atomic mass is 32.2. The molecule has 0 N–H and O–H groups in total. The predicted molar refractivity (Wildman–Crippen MR) is 113 cm³/mol. The van der Waals surface area contributed by atoms with Gasteiger partial charge in [-0.1, -0.05) is 12.1 Å². The van der Waals surface area contributed by atoms with Crippen LogP contribution in [0.1, 0.15) is 25.1 Å². The molecule has 0 saturated heterocycles. The van der Waals surface area contributed by atoms with Crippen LogP contribution in [0.15, 0.2) is 59.6 Å². The van der Waals surface area contributed by atoms with E-state index in [1.54, 1.807) is 38.3 Å².